The van der Waals surface area contributed by atoms with E-state index in [-0.39, 0.29) is 0 Å². The summed E-state index contributed by atoms with van der Waals surface area (Å²) in [6.45, 7) is 8.59. The number of rotatable bonds is 5. The predicted molar refractivity (Wildman–Crippen MR) is 69.3 cm³/mol. The van der Waals surface area contributed by atoms with Crippen molar-refractivity contribution in [2.75, 3.05) is 0 Å². The lowest BCUT2D eigenvalue weighted by molar-refractivity contribution is -0.117. The number of hydrogen-bond acceptors (Lipinski definition) is 1. The molecular weight excluding hydrogens is 196 g/mol. The van der Waals surface area contributed by atoms with Gasteiger partial charge in [0.15, 0.2) is 0 Å². The molecule has 1 heteroatoms. The van der Waals surface area contributed by atoms with Crippen LogP contribution in [0.25, 0.3) is 0 Å². The lowest BCUT2D eigenvalue weighted by Gasteiger charge is -2.36. The van der Waals surface area contributed by atoms with E-state index in [1.807, 2.05) is 0 Å². The maximum atomic E-state index is 11.1. The highest BCUT2D eigenvalue weighted by molar-refractivity contribution is 5.75. The van der Waals surface area contributed by atoms with Crippen molar-refractivity contribution in [2.24, 2.45) is 23.7 Å². The molecule has 3 unspecified atom stereocenters. The molecule has 16 heavy (non-hydrogen) atoms. The minimum Gasteiger partial charge on any atom is -0.300 e. The van der Waals surface area contributed by atoms with Crippen LogP contribution in [0, 0.1) is 23.7 Å². The minimum absolute atomic E-state index is 0.340. The molecule has 0 radical (unpaired) electrons. The Morgan fingerprint density at radius 3 is 2.62 bits per heavy atom. The summed E-state index contributed by atoms with van der Waals surface area (Å²) in [6.07, 6.45) is 9.04. The summed E-state index contributed by atoms with van der Waals surface area (Å²) in [5.74, 6) is 3.23. The number of carbonyl (C=O) groups excluding carboxylic acids is 1. The van der Waals surface area contributed by atoms with Gasteiger partial charge < -0.3 is 4.79 Å². The second-order valence-corrected chi connectivity index (χ2v) is 5.56. The van der Waals surface area contributed by atoms with Gasteiger partial charge in [-0.15, -0.1) is 0 Å². The van der Waals surface area contributed by atoms with E-state index in [4.69, 9.17) is 0 Å². The first-order valence-electron chi connectivity index (χ1n) is 6.72. The molecule has 1 rings (SSSR count). The fraction of sp³-hybridized carbons (Fsp3) is 0.800. The molecular formula is C15H26O. The number of hydrogen-bond donors (Lipinski definition) is 0. The second kappa shape index (κ2) is 6.22. The molecule has 0 aliphatic heterocycles. The van der Waals surface area contributed by atoms with Crippen molar-refractivity contribution in [2.45, 2.75) is 53.4 Å². The van der Waals surface area contributed by atoms with Crippen molar-refractivity contribution in [1.82, 2.24) is 0 Å². The van der Waals surface area contributed by atoms with E-state index >= 15 is 0 Å². The van der Waals surface area contributed by atoms with Crippen molar-refractivity contribution in [3.05, 3.63) is 12.2 Å². The highest BCUT2D eigenvalue weighted by atomic mass is 16.1. The molecule has 0 saturated carbocycles. The maximum absolute atomic E-state index is 11.1. The largest absolute Gasteiger partial charge is 0.300 e. The van der Waals surface area contributed by atoms with E-state index in [0.29, 0.717) is 17.6 Å². The quantitative estimate of drug-likeness (QED) is 0.636. The summed E-state index contributed by atoms with van der Waals surface area (Å²) in [4.78, 5) is 11.1. The van der Waals surface area contributed by atoms with E-state index in [0.717, 1.165) is 24.7 Å². The summed E-state index contributed by atoms with van der Waals surface area (Å²) in [6, 6.07) is 0. The monoisotopic (exact) mass is 222 g/mol. The second-order valence-electron chi connectivity index (χ2n) is 5.56. The van der Waals surface area contributed by atoms with Crippen LogP contribution in [0.15, 0.2) is 12.2 Å². The van der Waals surface area contributed by atoms with Gasteiger partial charge in [0.25, 0.3) is 0 Å². The standard InChI is InChI=1S/C15H26O/c1-5-13-7-6-8-14(11(2)3)15(13)10-9-12(4)16/h6,8,11,13-15H,5,7,9-10H2,1-4H3. The molecule has 0 aromatic carbocycles. The lowest BCUT2D eigenvalue weighted by Crippen LogP contribution is -2.28. The van der Waals surface area contributed by atoms with E-state index in [1.54, 1.807) is 6.92 Å². The summed E-state index contributed by atoms with van der Waals surface area (Å²) in [5.41, 5.74) is 0. The van der Waals surface area contributed by atoms with Gasteiger partial charge in [-0.2, -0.15) is 0 Å². The SMILES string of the molecule is CCC1CC=CC(C(C)C)C1CCC(C)=O. The van der Waals surface area contributed by atoms with Crippen LogP contribution in [-0.4, -0.2) is 5.78 Å². The van der Waals surface area contributed by atoms with Crippen molar-refractivity contribution >= 4 is 5.78 Å². The zero-order valence-corrected chi connectivity index (χ0v) is 11.2. The third kappa shape index (κ3) is 3.47. The summed E-state index contributed by atoms with van der Waals surface area (Å²) >= 11 is 0. The number of carbonyl (C=O) groups is 1. The Labute approximate surface area is 100 Å². The Hall–Kier alpha value is -0.590. The Bertz CT molecular complexity index is 252. The molecule has 0 aromatic heterocycles. The van der Waals surface area contributed by atoms with Crippen LogP contribution in [0.4, 0.5) is 0 Å². The van der Waals surface area contributed by atoms with Crippen LogP contribution in [-0.2, 0) is 4.79 Å². The predicted octanol–water partition coefficient (Wildman–Crippen LogP) is 4.23. The first kappa shape index (κ1) is 13.5. The third-order valence-corrected chi connectivity index (χ3v) is 4.02. The van der Waals surface area contributed by atoms with Crippen LogP contribution in [0.3, 0.4) is 0 Å². The van der Waals surface area contributed by atoms with E-state index in [9.17, 15) is 4.79 Å². The first-order chi connectivity index (χ1) is 7.56. The van der Waals surface area contributed by atoms with Gasteiger partial charge >= 0.3 is 0 Å². The first-order valence-corrected chi connectivity index (χ1v) is 6.72. The van der Waals surface area contributed by atoms with E-state index in [1.165, 1.54) is 12.8 Å². The Balaban J connectivity index is 2.69. The molecule has 0 saturated heterocycles. The van der Waals surface area contributed by atoms with Gasteiger partial charge in [0.05, 0.1) is 0 Å². The summed E-state index contributed by atoms with van der Waals surface area (Å²) in [7, 11) is 0. The maximum Gasteiger partial charge on any atom is 0.129 e. The fourth-order valence-corrected chi connectivity index (χ4v) is 3.03. The van der Waals surface area contributed by atoms with Crippen LogP contribution < -0.4 is 0 Å². The van der Waals surface area contributed by atoms with E-state index < -0.39 is 0 Å². The number of ketones is 1. The van der Waals surface area contributed by atoms with Gasteiger partial charge in [0.2, 0.25) is 0 Å². The van der Waals surface area contributed by atoms with Gasteiger partial charge in [-0.1, -0.05) is 39.3 Å². The molecule has 1 aliphatic rings. The molecule has 92 valence electrons. The molecule has 0 bridgehead atoms. The highest BCUT2D eigenvalue weighted by Crippen LogP contribution is 2.39. The average Bonchev–Trinajstić information content (AvgIpc) is 2.25. The van der Waals surface area contributed by atoms with Crippen LogP contribution in [0.1, 0.15) is 53.4 Å². The van der Waals surface area contributed by atoms with Gasteiger partial charge in [0.1, 0.15) is 5.78 Å². The molecule has 0 heterocycles. The molecule has 0 aromatic rings. The fourth-order valence-electron chi connectivity index (χ4n) is 3.03. The molecule has 1 aliphatic carbocycles. The van der Waals surface area contributed by atoms with Crippen LogP contribution in [0.5, 0.6) is 0 Å². The van der Waals surface area contributed by atoms with Crippen molar-refractivity contribution in [1.29, 1.82) is 0 Å². The molecule has 0 N–H and O–H groups in total. The molecule has 0 amide bonds. The topological polar surface area (TPSA) is 17.1 Å². The number of Topliss-reactive ketones (excluding diaryl/α,β-unsaturated/α-hetero) is 1. The number of allylic oxidation sites excluding steroid dienone is 2. The lowest BCUT2D eigenvalue weighted by atomic mass is 9.68. The molecule has 3 atom stereocenters. The normalized spacial score (nSPS) is 29.7. The third-order valence-electron chi connectivity index (χ3n) is 4.02. The summed E-state index contributed by atoms with van der Waals surface area (Å²) < 4.78 is 0. The van der Waals surface area contributed by atoms with Crippen molar-refractivity contribution < 1.29 is 4.79 Å². The summed E-state index contributed by atoms with van der Waals surface area (Å²) in [5, 5.41) is 0. The minimum atomic E-state index is 0.340. The van der Waals surface area contributed by atoms with Gasteiger partial charge in [-0.05, 0) is 43.4 Å². The Morgan fingerprint density at radius 2 is 2.12 bits per heavy atom. The smallest absolute Gasteiger partial charge is 0.129 e. The van der Waals surface area contributed by atoms with Crippen LogP contribution >= 0.6 is 0 Å². The van der Waals surface area contributed by atoms with Gasteiger partial charge in [-0.3, -0.25) is 0 Å². The van der Waals surface area contributed by atoms with Crippen LogP contribution in [0.2, 0.25) is 0 Å². The van der Waals surface area contributed by atoms with Gasteiger partial charge in [0, 0.05) is 6.42 Å². The highest BCUT2D eigenvalue weighted by Gasteiger charge is 2.30. The van der Waals surface area contributed by atoms with E-state index in [2.05, 4.69) is 32.9 Å². The molecule has 1 nitrogen and oxygen atoms in total. The average molecular weight is 222 g/mol. The Morgan fingerprint density at radius 1 is 1.44 bits per heavy atom. The van der Waals surface area contributed by atoms with Crippen molar-refractivity contribution in [3.8, 4) is 0 Å². The molecule has 0 spiro atoms. The van der Waals surface area contributed by atoms with Gasteiger partial charge in [-0.25, -0.2) is 0 Å². The zero-order chi connectivity index (χ0) is 12.1. The Kier molecular flexibility index (Phi) is 5.24. The van der Waals surface area contributed by atoms with Crippen molar-refractivity contribution in [3.63, 3.8) is 0 Å². The molecule has 0 fully saturated rings. The zero-order valence-electron chi connectivity index (χ0n) is 11.2.